The summed E-state index contributed by atoms with van der Waals surface area (Å²) in [7, 11) is 1.91. The van der Waals surface area contributed by atoms with Crippen LogP contribution in [-0.4, -0.2) is 49.4 Å². The van der Waals surface area contributed by atoms with Gasteiger partial charge in [0.15, 0.2) is 0 Å². The quantitative estimate of drug-likeness (QED) is 0.879. The second kappa shape index (κ2) is 7.54. The highest BCUT2D eigenvalue weighted by atomic mass is 35.5. The molecule has 0 unspecified atom stereocenters. The van der Waals surface area contributed by atoms with Crippen LogP contribution in [0.25, 0.3) is 0 Å². The highest BCUT2D eigenvalue weighted by molar-refractivity contribution is 6.34. The second-order valence-corrected chi connectivity index (χ2v) is 5.66. The molecule has 2 N–H and O–H groups in total. The molecule has 1 aromatic rings. The van der Waals surface area contributed by atoms with E-state index in [0.717, 1.165) is 25.9 Å². The number of amides is 2. The first-order valence-corrected chi connectivity index (χ1v) is 7.45. The Morgan fingerprint density at radius 2 is 2.00 bits per heavy atom. The molecule has 0 atom stereocenters. The maximum atomic E-state index is 12.0. The Morgan fingerprint density at radius 3 is 2.67 bits per heavy atom. The fourth-order valence-electron chi connectivity index (χ4n) is 2.48. The molecule has 2 amide bonds. The summed E-state index contributed by atoms with van der Waals surface area (Å²) in [5.74, 6) is -0.759. The van der Waals surface area contributed by atoms with Crippen molar-refractivity contribution in [3.8, 4) is 0 Å². The van der Waals surface area contributed by atoms with Crippen LogP contribution in [0, 0.1) is 0 Å². The molecule has 1 heterocycles. The number of carbonyl (C=O) groups excluding carboxylic acids is 2. The number of likely N-dealkylation sites (N-methyl/N-ethyl adjacent to an activating group) is 1. The SMILES string of the molecule is CN(CC(=O)NC(=O)c1ccccc1Cl)C1CCNCC1. The van der Waals surface area contributed by atoms with E-state index in [1.165, 1.54) is 0 Å². The number of nitrogens with one attached hydrogen (secondary N) is 2. The van der Waals surface area contributed by atoms with E-state index in [0.29, 0.717) is 16.6 Å². The molecule has 0 spiro atoms. The van der Waals surface area contributed by atoms with Gasteiger partial charge in [-0.15, -0.1) is 0 Å². The summed E-state index contributed by atoms with van der Waals surface area (Å²) in [6.45, 7) is 2.14. The van der Waals surface area contributed by atoms with E-state index >= 15 is 0 Å². The first-order chi connectivity index (χ1) is 10.1. The van der Waals surface area contributed by atoms with Crippen LogP contribution < -0.4 is 10.6 Å². The van der Waals surface area contributed by atoms with Crippen LogP contribution in [0.4, 0.5) is 0 Å². The van der Waals surface area contributed by atoms with E-state index in [1.54, 1.807) is 24.3 Å². The van der Waals surface area contributed by atoms with Gasteiger partial charge in [-0.2, -0.15) is 0 Å². The minimum atomic E-state index is -0.454. The summed E-state index contributed by atoms with van der Waals surface area (Å²) < 4.78 is 0. The highest BCUT2D eigenvalue weighted by Crippen LogP contribution is 2.14. The van der Waals surface area contributed by atoms with Crippen molar-refractivity contribution in [3.63, 3.8) is 0 Å². The average molecular weight is 310 g/mol. The zero-order valence-corrected chi connectivity index (χ0v) is 12.8. The smallest absolute Gasteiger partial charge is 0.259 e. The minimum absolute atomic E-state index is 0.209. The van der Waals surface area contributed by atoms with Crippen LogP contribution in [0.2, 0.25) is 5.02 Å². The highest BCUT2D eigenvalue weighted by Gasteiger charge is 2.21. The summed E-state index contributed by atoms with van der Waals surface area (Å²) in [6, 6.07) is 7.06. The summed E-state index contributed by atoms with van der Waals surface area (Å²) >= 11 is 5.94. The van der Waals surface area contributed by atoms with Crippen LogP contribution in [0.15, 0.2) is 24.3 Å². The summed E-state index contributed by atoms with van der Waals surface area (Å²) in [4.78, 5) is 25.9. The molecule has 114 valence electrons. The first-order valence-electron chi connectivity index (χ1n) is 7.07. The lowest BCUT2D eigenvalue weighted by Gasteiger charge is -2.30. The zero-order chi connectivity index (χ0) is 15.2. The van der Waals surface area contributed by atoms with Gasteiger partial charge in [0.05, 0.1) is 17.1 Å². The van der Waals surface area contributed by atoms with Crippen LogP contribution in [0.1, 0.15) is 23.2 Å². The van der Waals surface area contributed by atoms with Gasteiger partial charge < -0.3 is 5.32 Å². The Balaban J connectivity index is 1.86. The van der Waals surface area contributed by atoms with Crippen LogP contribution in [0.3, 0.4) is 0 Å². The Labute approximate surface area is 129 Å². The molecule has 6 heteroatoms. The van der Waals surface area contributed by atoms with Crippen molar-refractivity contribution in [1.29, 1.82) is 0 Å². The van der Waals surface area contributed by atoms with Gasteiger partial charge in [-0.25, -0.2) is 0 Å². The van der Waals surface area contributed by atoms with Crippen molar-refractivity contribution in [2.45, 2.75) is 18.9 Å². The van der Waals surface area contributed by atoms with Crippen LogP contribution in [0.5, 0.6) is 0 Å². The van der Waals surface area contributed by atoms with Gasteiger partial charge >= 0.3 is 0 Å². The lowest BCUT2D eigenvalue weighted by molar-refractivity contribution is -0.121. The molecule has 0 aromatic heterocycles. The summed E-state index contributed by atoms with van der Waals surface area (Å²) in [5.41, 5.74) is 0.317. The molecule has 1 aliphatic rings. The topological polar surface area (TPSA) is 61.4 Å². The molecule has 0 aliphatic carbocycles. The van der Waals surface area contributed by atoms with Crippen molar-refractivity contribution in [1.82, 2.24) is 15.5 Å². The minimum Gasteiger partial charge on any atom is -0.317 e. The lowest BCUT2D eigenvalue weighted by atomic mass is 10.1. The van der Waals surface area contributed by atoms with Crippen molar-refractivity contribution >= 4 is 23.4 Å². The van der Waals surface area contributed by atoms with Gasteiger partial charge in [0.25, 0.3) is 5.91 Å². The normalized spacial score (nSPS) is 16.0. The zero-order valence-electron chi connectivity index (χ0n) is 12.1. The van der Waals surface area contributed by atoms with Crippen LogP contribution in [-0.2, 0) is 4.79 Å². The molecular weight excluding hydrogens is 290 g/mol. The Kier molecular flexibility index (Phi) is 5.73. The van der Waals surface area contributed by atoms with E-state index in [-0.39, 0.29) is 12.5 Å². The monoisotopic (exact) mass is 309 g/mol. The van der Waals surface area contributed by atoms with E-state index < -0.39 is 5.91 Å². The third kappa shape index (κ3) is 4.52. The van der Waals surface area contributed by atoms with E-state index in [9.17, 15) is 9.59 Å². The van der Waals surface area contributed by atoms with E-state index in [1.807, 2.05) is 11.9 Å². The predicted molar refractivity (Wildman–Crippen MR) is 82.4 cm³/mol. The number of halogens is 1. The van der Waals surface area contributed by atoms with Gasteiger partial charge in [-0.05, 0) is 45.1 Å². The number of imide groups is 1. The van der Waals surface area contributed by atoms with Crippen LogP contribution >= 0.6 is 11.6 Å². The average Bonchev–Trinajstić information content (AvgIpc) is 2.48. The molecule has 0 bridgehead atoms. The van der Waals surface area contributed by atoms with Crippen molar-refractivity contribution in [2.24, 2.45) is 0 Å². The molecule has 1 aromatic carbocycles. The van der Waals surface area contributed by atoms with Gasteiger partial charge in [0.1, 0.15) is 0 Å². The molecule has 0 saturated carbocycles. The summed E-state index contributed by atoms with van der Waals surface area (Å²) in [6.07, 6.45) is 2.03. The molecule has 5 nitrogen and oxygen atoms in total. The number of carbonyl (C=O) groups is 2. The van der Waals surface area contributed by atoms with Crippen molar-refractivity contribution in [3.05, 3.63) is 34.9 Å². The number of hydrogen-bond acceptors (Lipinski definition) is 4. The number of rotatable bonds is 4. The van der Waals surface area contributed by atoms with Gasteiger partial charge in [0.2, 0.25) is 5.91 Å². The van der Waals surface area contributed by atoms with Crippen molar-refractivity contribution in [2.75, 3.05) is 26.7 Å². The van der Waals surface area contributed by atoms with Gasteiger partial charge in [-0.1, -0.05) is 23.7 Å². The molecule has 21 heavy (non-hydrogen) atoms. The summed E-state index contributed by atoms with van der Waals surface area (Å²) in [5, 5.41) is 6.02. The third-order valence-electron chi connectivity index (χ3n) is 3.70. The Morgan fingerprint density at radius 1 is 1.33 bits per heavy atom. The fourth-order valence-corrected chi connectivity index (χ4v) is 2.70. The first kappa shape index (κ1) is 15.9. The molecule has 1 aliphatic heterocycles. The van der Waals surface area contributed by atoms with E-state index in [2.05, 4.69) is 10.6 Å². The second-order valence-electron chi connectivity index (χ2n) is 5.25. The molecule has 1 saturated heterocycles. The molecular formula is C15H20ClN3O2. The number of nitrogens with zero attached hydrogens (tertiary/aromatic N) is 1. The lowest BCUT2D eigenvalue weighted by Crippen LogP contribution is -2.46. The Hall–Kier alpha value is -1.43. The number of piperidine rings is 1. The fraction of sp³-hybridized carbons (Fsp3) is 0.467. The number of benzene rings is 1. The molecule has 2 rings (SSSR count). The maximum Gasteiger partial charge on any atom is 0.259 e. The predicted octanol–water partition coefficient (Wildman–Crippen LogP) is 1.28. The van der Waals surface area contributed by atoms with Crippen molar-refractivity contribution < 1.29 is 9.59 Å². The van der Waals surface area contributed by atoms with Gasteiger partial charge in [-0.3, -0.25) is 19.8 Å². The standard InChI is InChI=1S/C15H20ClN3O2/c1-19(11-6-8-17-9-7-11)10-14(20)18-15(21)12-4-2-3-5-13(12)16/h2-5,11,17H,6-10H2,1H3,(H,18,20,21). The largest absolute Gasteiger partial charge is 0.317 e. The molecule has 0 radical (unpaired) electrons. The third-order valence-corrected chi connectivity index (χ3v) is 4.03. The Bertz CT molecular complexity index is 515. The maximum absolute atomic E-state index is 12.0. The van der Waals surface area contributed by atoms with E-state index in [4.69, 9.17) is 11.6 Å². The number of hydrogen-bond donors (Lipinski definition) is 2. The van der Waals surface area contributed by atoms with Gasteiger partial charge in [0, 0.05) is 6.04 Å². The molecule has 1 fully saturated rings.